The van der Waals surface area contributed by atoms with Crippen LogP contribution < -0.4 is 10.5 Å². The molecule has 0 aliphatic carbocycles. The number of nitro groups is 1. The number of nitrogens with two attached hydrogens (primary N) is 1. The number of aryl methyl sites for hydroxylation is 1. The van der Waals surface area contributed by atoms with Crippen LogP contribution in [0.25, 0.3) is 0 Å². The summed E-state index contributed by atoms with van der Waals surface area (Å²) in [6.45, 7) is 1.92. The van der Waals surface area contributed by atoms with Gasteiger partial charge >= 0.3 is 0 Å². The van der Waals surface area contributed by atoms with E-state index < -0.39 is 26.7 Å². The standard InChI is InChI=1S/C15H17N3O5S/c1-10-3-2-4-11(7-10)15(19)9-17-13-6-5-12(24(16,22)23)8-14(13)18(20)21/h2-8,15,17,19H,9H2,1H3,(H2,16,22,23). The Labute approximate surface area is 139 Å². The lowest BCUT2D eigenvalue weighted by Gasteiger charge is -2.14. The zero-order valence-electron chi connectivity index (χ0n) is 12.8. The summed E-state index contributed by atoms with van der Waals surface area (Å²) < 4.78 is 22.6. The maximum atomic E-state index is 11.3. The molecule has 0 heterocycles. The number of hydrogen-bond donors (Lipinski definition) is 3. The van der Waals surface area contributed by atoms with E-state index in [1.54, 1.807) is 12.1 Å². The van der Waals surface area contributed by atoms with E-state index >= 15 is 0 Å². The molecule has 128 valence electrons. The Hall–Kier alpha value is -2.49. The monoisotopic (exact) mass is 351 g/mol. The summed E-state index contributed by atoms with van der Waals surface area (Å²) in [6.07, 6.45) is -0.873. The van der Waals surface area contributed by atoms with E-state index in [-0.39, 0.29) is 17.1 Å². The largest absolute Gasteiger partial charge is 0.387 e. The number of primary sulfonamides is 1. The molecule has 2 rings (SSSR count). The first-order valence-corrected chi connectivity index (χ1v) is 8.53. The molecule has 0 aliphatic heterocycles. The summed E-state index contributed by atoms with van der Waals surface area (Å²) in [7, 11) is -4.04. The quantitative estimate of drug-likeness (QED) is 0.535. The van der Waals surface area contributed by atoms with Crippen LogP contribution in [-0.4, -0.2) is 25.0 Å². The average molecular weight is 351 g/mol. The minimum absolute atomic E-state index is 0.0268. The highest BCUT2D eigenvalue weighted by Crippen LogP contribution is 2.28. The number of sulfonamides is 1. The Morgan fingerprint density at radius 3 is 2.58 bits per heavy atom. The van der Waals surface area contributed by atoms with Gasteiger partial charge in [-0.25, -0.2) is 13.6 Å². The van der Waals surface area contributed by atoms with Crippen molar-refractivity contribution in [2.24, 2.45) is 5.14 Å². The van der Waals surface area contributed by atoms with E-state index in [1.165, 1.54) is 12.1 Å². The van der Waals surface area contributed by atoms with Crippen molar-refractivity contribution in [2.75, 3.05) is 11.9 Å². The van der Waals surface area contributed by atoms with Crippen molar-refractivity contribution in [2.45, 2.75) is 17.9 Å². The Morgan fingerprint density at radius 2 is 2.00 bits per heavy atom. The van der Waals surface area contributed by atoms with Gasteiger partial charge in [0.1, 0.15) is 5.69 Å². The summed E-state index contributed by atoms with van der Waals surface area (Å²) >= 11 is 0. The van der Waals surface area contributed by atoms with Crippen molar-refractivity contribution in [1.29, 1.82) is 0 Å². The first kappa shape index (κ1) is 17.9. The van der Waals surface area contributed by atoms with Crippen LogP contribution in [0, 0.1) is 17.0 Å². The van der Waals surface area contributed by atoms with Crippen LogP contribution in [0.5, 0.6) is 0 Å². The predicted octanol–water partition coefficient (Wildman–Crippen LogP) is 1.70. The lowest BCUT2D eigenvalue weighted by molar-refractivity contribution is -0.384. The van der Waals surface area contributed by atoms with Crippen LogP contribution in [0.3, 0.4) is 0 Å². The smallest absolute Gasteiger partial charge is 0.293 e. The molecule has 0 amide bonds. The number of aliphatic hydroxyl groups is 1. The molecule has 0 radical (unpaired) electrons. The van der Waals surface area contributed by atoms with Crippen molar-refractivity contribution >= 4 is 21.4 Å². The normalized spacial score (nSPS) is 12.6. The van der Waals surface area contributed by atoms with Gasteiger partial charge in [0.15, 0.2) is 0 Å². The highest BCUT2D eigenvalue weighted by Gasteiger charge is 2.19. The predicted molar refractivity (Wildman–Crippen MR) is 89.1 cm³/mol. The number of rotatable bonds is 6. The molecular formula is C15H17N3O5S. The SMILES string of the molecule is Cc1cccc(C(O)CNc2ccc(S(N)(=O)=O)cc2[N+](=O)[O-])c1. The van der Waals surface area contributed by atoms with E-state index in [9.17, 15) is 23.6 Å². The van der Waals surface area contributed by atoms with E-state index in [0.29, 0.717) is 5.56 Å². The number of nitrogens with zero attached hydrogens (tertiary/aromatic N) is 1. The molecule has 0 bridgehead atoms. The van der Waals surface area contributed by atoms with Crippen LogP contribution in [-0.2, 0) is 10.0 Å². The fourth-order valence-electron chi connectivity index (χ4n) is 2.19. The van der Waals surface area contributed by atoms with Crippen molar-refractivity contribution < 1.29 is 18.4 Å². The molecule has 0 saturated carbocycles. The van der Waals surface area contributed by atoms with Crippen LogP contribution in [0.15, 0.2) is 47.4 Å². The van der Waals surface area contributed by atoms with E-state index in [2.05, 4.69) is 5.32 Å². The zero-order valence-corrected chi connectivity index (χ0v) is 13.7. The maximum absolute atomic E-state index is 11.3. The highest BCUT2D eigenvalue weighted by atomic mass is 32.2. The molecule has 0 aromatic heterocycles. The molecular weight excluding hydrogens is 334 g/mol. The highest BCUT2D eigenvalue weighted by molar-refractivity contribution is 7.89. The number of anilines is 1. The molecule has 0 aliphatic rings. The first-order valence-electron chi connectivity index (χ1n) is 6.98. The summed E-state index contributed by atoms with van der Waals surface area (Å²) in [5.41, 5.74) is 1.32. The van der Waals surface area contributed by atoms with E-state index in [0.717, 1.165) is 11.6 Å². The molecule has 2 aromatic rings. The van der Waals surface area contributed by atoms with E-state index in [1.807, 2.05) is 19.1 Å². The van der Waals surface area contributed by atoms with Crippen LogP contribution >= 0.6 is 0 Å². The number of aliphatic hydroxyl groups excluding tert-OH is 1. The fraction of sp³-hybridized carbons (Fsp3) is 0.200. The second-order valence-electron chi connectivity index (χ2n) is 5.29. The van der Waals surface area contributed by atoms with Gasteiger partial charge in [0, 0.05) is 12.6 Å². The van der Waals surface area contributed by atoms with Gasteiger partial charge in [-0.1, -0.05) is 29.8 Å². The van der Waals surface area contributed by atoms with Crippen molar-refractivity contribution in [1.82, 2.24) is 0 Å². The first-order chi connectivity index (χ1) is 11.2. The lowest BCUT2D eigenvalue weighted by atomic mass is 10.1. The maximum Gasteiger partial charge on any atom is 0.293 e. The Morgan fingerprint density at radius 1 is 1.29 bits per heavy atom. The van der Waals surface area contributed by atoms with E-state index in [4.69, 9.17) is 5.14 Å². The number of nitrogens with one attached hydrogen (secondary N) is 1. The molecule has 1 unspecified atom stereocenters. The number of hydrogen-bond acceptors (Lipinski definition) is 6. The third kappa shape index (κ3) is 4.28. The molecule has 0 saturated heterocycles. The summed E-state index contributed by atoms with van der Waals surface area (Å²) in [4.78, 5) is 10.1. The molecule has 9 heteroatoms. The summed E-state index contributed by atoms with van der Waals surface area (Å²) in [6, 6.07) is 10.6. The summed E-state index contributed by atoms with van der Waals surface area (Å²) in [5.74, 6) is 0. The fourth-order valence-corrected chi connectivity index (χ4v) is 2.72. The van der Waals surface area contributed by atoms with Crippen LogP contribution in [0.2, 0.25) is 0 Å². The number of nitro benzene ring substituents is 1. The third-order valence-corrected chi connectivity index (χ3v) is 4.32. The van der Waals surface area contributed by atoms with Gasteiger partial charge in [-0.15, -0.1) is 0 Å². The Kier molecular flexibility index (Phi) is 5.17. The van der Waals surface area contributed by atoms with Gasteiger partial charge in [0.25, 0.3) is 5.69 Å². The summed E-state index contributed by atoms with van der Waals surface area (Å²) in [5, 5.41) is 29.0. The molecule has 2 aromatic carbocycles. The van der Waals surface area contributed by atoms with Crippen molar-refractivity contribution in [3.05, 3.63) is 63.7 Å². The Balaban J connectivity index is 2.22. The van der Waals surface area contributed by atoms with Gasteiger partial charge in [0.05, 0.1) is 15.9 Å². The van der Waals surface area contributed by atoms with Gasteiger partial charge in [-0.3, -0.25) is 10.1 Å². The molecule has 0 spiro atoms. The average Bonchev–Trinajstić information content (AvgIpc) is 2.51. The van der Waals surface area contributed by atoms with Crippen molar-refractivity contribution in [3.8, 4) is 0 Å². The molecule has 4 N–H and O–H groups in total. The van der Waals surface area contributed by atoms with Crippen LogP contribution in [0.4, 0.5) is 11.4 Å². The van der Waals surface area contributed by atoms with Crippen LogP contribution in [0.1, 0.15) is 17.2 Å². The number of benzene rings is 2. The topological polar surface area (TPSA) is 136 Å². The molecule has 24 heavy (non-hydrogen) atoms. The molecule has 8 nitrogen and oxygen atoms in total. The van der Waals surface area contributed by atoms with Gasteiger partial charge in [-0.2, -0.15) is 0 Å². The third-order valence-electron chi connectivity index (χ3n) is 3.41. The molecule has 0 fully saturated rings. The van der Waals surface area contributed by atoms with Gasteiger partial charge in [-0.05, 0) is 24.6 Å². The minimum atomic E-state index is -4.04. The zero-order chi connectivity index (χ0) is 17.9. The minimum Gasteiger partial charge on any atom is -0.387 e. The lowest BCUT2D eigenvalue weighted by Crippen LogP contribution is -2.15. The van der Waals surface area contributed by atoms with Gasteiger partial charge < -0.3 is 10.4 Å². The van der Waals surface area contributed by atoms with Crippen molar-refractivity contribution in [3.63, 3.8) is 0 Å². The Bertz CT molecular complexity index is 867. The molecule has 1 atom stereocenters. The second kappa shape index (κ2) is 6.95. The van der Waals surface area contributed by atoms with Gasteiger partial charge in [0.2, 0.25) is 10.0 Å². The second-order valence-corrected chi connectivity index (χ2v) is 6.85.